The summed E-state index contributed by atoms with van der Waals surface area (Å²) >= 11 is 0. The van der Waals surface area contributed by atoms with Gasteiger partial charge in [0.25, 0.3) is 0 Å². The Hall–Kier alpha value is -4.38. The zero-order valence-electron chi connectivity index (χ0n) is 19.4. The van der Waals surface area contributed by atoms with Crippen LogP contribution in [-0.4, -0.2) is 34.1 Å². The summed E-state index contributed by atoms with van der Waals surface area (Å²) in [6.45, 7) is 14.7. The lowest BCUT2D eigenvalue weighted by molar-refractivity contribution is 0.690. The highest BCUT2D eigenvalue weighted by molar-refractivity contribution is 6.63. The Labute approximate surface area is 206 Å². The zero-order chi connectivity index (χ0) is 24.5. The van der Waals surface area contributed by atoms with Crippen molar-refractivity contribution < 1.29 is 0 Å². The maximum Gasteiger partial charge on any atom is 0.151 e. The molecular weight excluding hydrogens is 427 g/mol. The Morgan fingerprint density at radius 2 is 0.571 bits per heavy atom. The number of benzene rings is 4. The second-order valence-electron chi connectivity index (χ2n) is 8.58. The van der Waals surface area contributed by atoms with Crippen LogP contribution in [-0.2, 0) is 10.6 Å². The summed E-state index contributed by atoms with van der Waals surface area (Å²) in [5.74, 6) is 0. The third kappa shape index (κ3) is 3.48. The lowest BCUT2D eigenvalue weighted by Crippen LogP contribution is -2.25. The molecule has 0 spiro atoms. The molecule has 0 amide bonds. The number of rotatable bonds is 8. The van der Waals surface area contributed by atoms with E-state index in [1.54, 1.807) is 0 Å². The van der Waals surface area contributed by atoms with E-state index in [-0.39, 0.29) is 0 Å². The molecule has 5 heteroatoms. The Kier molecular flexibility index (Phi) is 5.61. The van der Waals surface area contributed by atoms with Gasteiger partial charge in [-0.2, -0.15) is 0 Å². The van der Waals surface area contributed by atoms with Gasteiger partial charge in [-0.15, -0.1) is 0 Å². The smallest absolute Gasteiger partial charge is 0.151 e. The van der Waals surface area contributed by atoms with Gasteiger partial charge in [-0.3, -0.25) is 20.0 Å². The third-order valence-corrected chi connectivity index (χ3v) is 6.99. The van der Waals surface area contributed by atoms with Crippen LogP contribution in [0, 0.1) is 0 Å². The molecule has 0 bridgehead atoms. The average Bonchev–Trinajstić information content (AvgIpc) is 3.65. The van der Waals surface area contributed by atoms with Crippen molar-refractivity contribution >= 4 is 56.9 Å². The quantitative estimate of drug-likeness (QED) is 0.206. The molecule has 1 saturated heterocycles. The highest BCUT2D eigenvalue weighted by Crippen LogP contribution is 2.65. The van der Waals surface area contributed by atoms with E-state index in [4.69, 9.17) is 0 Å². The summed E-state index contributed by atoms with van der Waals surface area (Å²) in [4.78, 5) is 16.4. The van der Waals surface area contributed by atoms with Crippen molar-refractivity contribution in [2.24, 2.45) is 20.0 Å². The molecule has 1 aliphatic heterocycles. The van der Waals surface area contributed by atoms with Crippen molar-refractivity contribution in [2.75, 3.05) is 0 Å². The first-order valence-corrected chi connectivity index (χ1v) is 11.3. The van der Waals surface area contributed by atoms with Gasteiger partial charge in [0, 0.05) is 0 Å². The lowest BCUT2D eigenvalue weighted by Gasteiger charge is -2.31. The predicted molar refractivity (Wildman–Crippen MR) is 150 cm³/mol. The van der Waals surface area contributed by atoms with E-state index in [0.717, 1.165) is 22.7 Å². The van der Waals surface area contributed by atoms with Gasteiger partial charge in [-0.05, 0) is 108 Å². The van der Waals surface area contributed by atoms with E-state index in [9.17, 15) is 0 Å². The minimum absolute atomic E-state index is 0.418. The van der Waals surface area contributed by atoms with Gasteiger partial charge in [0.15, 0.2) is 7.28 Å². The van der Waals surface area contributed by atoms with Crippen LogP contribution in [0.1, 0.15) is 22.3 Å². The van der Waals surface area contributed by atoms with Gasteiger partial charge >= 0.3 is 0 Å². The molecule has 0 saturated carbocycles. The molecule has 0 aliphatic carbocycles. The topological polar surface area (TPSA) is 49.4 Å². The van der Waals surface area contributed by atoms with E-state index >= 15 is 0 Å². The van der Waals surface area contributed by atoms with Crippen molar-refractivity contribution in [1.82, 2.24) is 0 Å². The minimum atomic E-state index is -0.418. The summed E-state index contributed by atoms with van der Waals surface area (Å²) in [6.07, 6.45) is 0. The van der Waals surface area contributed by atoms with Crippen LogP contribution in [0.15, 0.2) is 117 Å². The van der Waals surface area contributed by atoms with Crippen LogP contribution in [0.4, 0.5) is 22.7 Å². The first-order chi connectivity index (χ1) is 17.1. The van der Waals surface area contributed by atoms with Crippen LogP contribution < -0.4 is 0 Å². The first-order valence-electron chi connectivity index (χ1n) is 11.3. The van der Waals surface area contributed by atoms with Crippen molar-refractivity contribution in [3.63, 3.8) is 0 Å². The van der Waals surface area contributed by atoms with E-state index in [1.165, 1.54) is 22.3 Å². The van der Waals surface area contributed by atoms with Gasteiger partial charge in [-0.1, -0.05) is 48.5 Å². The standard InChI is InChI=1S/C30H24BN4/c1-32-25-13-5-21(6-14-25)29(22-7-15-26(33-2)16-8-22)30(31-29,23-9-17-27(34-3)18-10-23)24-11-19-28(35-4)20-12-24/h5-20H,1-4H2. The fourth-order valence-electron chi connectivity index (χ4n) is 5.18. The fourth-order valence-corrected chi connectivity index (χ4v) is 5.18. The molecule has 0 aromatic heterocycles. The summed E-state index contributed by atoms with van der Waals surface area (Å²) in [6, 6.07) is 33.2. The number of aliphatic imine (C=N–C) groups is 4. The van der Waals surface area contributed by atoms with Crippen molar-refractivity contribution in [1.29, 1.82) is 0 Å². The third-order valence-electron chi connectivity index (χ3n) is 6.99. The second kappa shape index (κ2) is 8.77. The van der Waals surface area contributed by atoms with E-state index in [0.29, 0.717) is 0 Å². The maximum atomic E-state index is 4.09. The van der Waals surface area contributed by atoms with Crippen molar-refractivity contribution in [3.05, 3.63) is 119 Å². The lowest BCUT2D eigenvalue weighted by atomic mass is 9.73. The summed E-state index contributed by atoms with van der Waals surface area (Å²) in [7, 11) is 2.42. The molecule has 4 nitrogen and oxygen atoms in total. The molecule has 1 radical (unpaired) electrons. The largest absolute Gasteiger partial charge is 0.265 e. The number of nitrogens with zero attached hydrogens (tertiary/aromatic N) is 4. The molecule has 167 valence electrons. The Bertz CT molecular complexity index is 1190. The van der Waals surface area contributed by atoms with Gasteiger partial charge in [0.2, 0.25) is 0 Å². The number of hydrogen-bond donors (Lipinski definition) is 0. The van der Waals surface area contributed by atoms with Gasteiger partial charge in [0.1, 0.15) is 0 Å². The molecule has 0 atom stereocenters. The highest BCUT2D eigenvalue weighted by atomic mass is 14.7. The SMILES string of the molecule is C=Nc1ccc(C2(c3ccc(N=C)cc3)[B]C2(c2ccc(N=C)cc2)c2ccc(N=C)cc2)cc1. The van der Waals surface area contributed by atoms with Gasteiger partial charge < -0.3 is 0 Å². The fraction of sp³-hybridized carbons (Fsp3) is 0.0667. The monoisotopic (exact) mass is 451 g/mol. The molecule has 35 heavy (non-hydrogen) atoms. The molecule has 4 aromatic carbocycles. The molecule has 0 N–H and O–H groups in total. The second-order valence-corrected chi connectivity index (χ2v) is 8.58. The average molecular weight is 451 g/mol. The van der Waals surface area contributed by atoms with Crippen LogP contribution in [0.25, 0.3) is 0 Å². The van der Waals surface area contributed by atoms with Crippen LogP contribution in [0.2, 0.25) is 0 Å². The molecule has 5 rings (SSSR count). The highest BCUT2D eigenvalue weighted by Gasteiger charge is 2.70. The normalized spacial score (nSPS) is 14.9. The first kappa shape index (κ1) is 22.4. The van der Waals surface area contributed by atoms with Crippen molar-refractivity contribution in [3.8, 4) is 0 Å². The summed E-state index contributed by atoms with van der Waals surface area (Å²) in [5, 5.41) is -0.836. The predicted octanol–water partition coefficient (Wildman–Crippen LogP) is 6.92. The van der Waals surface area contributed by atoms with Gasteiger partial charge in [0.05, 0.1) is 22.7 Å². The molecule has 1 fully saturated rings. The van der Waals surface area contributed by atoms with Crippen LogP contribution in [0.5, 0.6) is 0 Å². The summed E-state index contributed by atoms with van der Waals surface area (Å²) < 4.78 is 0. The molecule has 0 unspecified atom stereocenters. The number of hydrogen-bond acceptors (Lipinski definition) is 4. The van der Waals surface area contributed by atoms with E-state index < -0.39 is 10.6 Å². The maximum absolute atomic E-state index is 4.09. The van der Waals surface area contributed by atoms with E-state index in [1.807, 2.05) is 48.5 Å². The van der Waals surface area contributed by atoms with Crippen LogP contribution in [0.3, 0.4) is 0 Å². The van der Waals surface area contributed by atoms with Crippen molar-refractivity contribution in [2.45, 2.75) is 10.6 Å². The Balaban J connectivity index is 1.79. The summed E-state index contributed by atoms with van der Waals surface area (Å²) in [5.41, 5.74) is 8.02. The Morgan fingerprint density at radius 1 is 0.371 bits per heavy atom. The van der Waals surface area contributed by atoms with E-state index in [2.05, 4.69) is 103 Å². The molecule has 1 heterocycles. The Morgan fingerprint density at radius 3 is 0.743 bits per heavy atom. The van der Waals surface area contributed by atoms with Gasteiger partial charge in [-0.25, -0.2) is 0 Å². The molecular formula is C30H24BN4. The zero-order valence-corrected chi connectivity index (χ0v) is 19.4. The minimum Gasteiger partial charge on any atom is -0.265 e. The molecule has 4 aromatic rings. The molecule has 1 aliphatic rings. The van der Waals surface area contributed by atoms with Crippen LogP contribution >= 0.6 is 0 Å².